The van der Waals surface area contributed by atoms with E-state index in [0.29, 0.717) is 22.4 Å². The molecule has 26 heavy (non-hydrogen) atoms. The highest BCUT2D eigenvalue weighted by Crippen LogP contribution is 2.30. The van der Waals surface area contributed by atoms with E-state index in [2.05, 4.69) is 39.2 Å². The van der Waals surface area contributed by atoms with Gasteiger partial charge in [-0.3, -0.25) is 0 Å². The van der Waals surface area contributed by atoms with Gasteiger partial charge < -0.3 is 15.0 Å². The molecule has 1 heterocycles. The monoisotopic (exact) mass is 368 g/mol. The van der Waals surface area contributed by atoms with Gasteiger partial charge in [-0.25, -0.2) is 9.97 Å². The normalized spacial score (nSPS) is 10.5. The number of aryl methyl sites for hydroxylation is 1. The van der Waals surface area contributed by atoms with Crippen molar-refractivity contribution < 1.29 is 4.74 Å². The van der Waals surface area contributed by atoms with Gasteiger partial charge in [-0.15, -0.1) is 0 Å². The quantitative estimate of drug-likeness (QED) is 0.635. The van der Waals surface area contributed by atoms with Gasteiger partial charge in [0.15, 0.2) is 0 Å². The molecule has 1 N–H and O–H groups in total. The summed E-state index contributed by atoms with van der Waals surface area (Å²) in [5, 5.41) is 3.83. The molecule has 0 bridgehead atoms. The third kappa shape index (κ3) is 4.06. The molecule has 134 valence electrons. The number of hydrogen-bond donors (Lipinski definition) is 1. The molecule has 3 aromatic rings. The molecule has 5 nitrogen and oxygen atoms in total. The van der Waals surface area contributed by atoms with Crippen molar-refractivity contribution >= 4 is 34.6 Å². The van der Waals surface area contributed by atoms with Crippen LogP contribution in [0.4, 0.5) is 23.0 Å². The molecule has 0 aliphatic heterocycles. The van der Waals surface area contributed by atoms with Crippen molar-refractivity contribution in [3.05, 3.63) is 65.4 Å². The SMILES string of the molecule is CCN(c1ccccc1)c1cc(Nc2ccc(OC)c(Cl)c2)nc(C)n1. The van der Waals surface area contributed by atoms with E-state index in [1.54, 1.807) is 7.11 Å². The molecule has 0 amide bonds. The maximum absolute atomic E-state index is 6.21. The second-order valence-electron chi connectivity index (χ2n) is 5.71. The first-order valence-electron chi connectivity index (χ1n) is 8.39. The Hall–Kier alpha value is -2.79. The molecule has 0 aliphatic rings. The molecular formula is C20H21ClN4O. The number of nitrogens with zero attached hydrogens (tertiary/aromatic N) is 3. The molecule has 0 atom stereocenters. The molecule has 2 aromatic carbocycles. The summed E-state index contributed by atoms with van der Waals surface area (Å²) in [5.41, 5.74) is 1.93. The Morgan fingerprint density at radius 2 is 1.85 bits per heavy atom. The number of hydrogen-bond acceptors (Lipinski definition) is 5. The van der Waals surface area contributed by atoms with Crippen LogP contribution in [0.15, 0.2) is 54.6 Å². The topological polar surface area (TPSA) is 50.3 Å². The van der Waals surface area contributed by atoms with Crippen molar-refractivity contribution in [2.45, 2.75) is 13.8 Å². The van der Waals surface area contributed by atoms with E-state index in [4.69, 9.17) is 16.3 Å². The zero-order valence-corrected chi connectivity index (χ0v) is 15.8. The standard InChI is InChI=1S/C20H21ClN4O/c1-4-25(16-8-6-5-7-9-16)20-13-19(22-14(2)23-20)24-15-10-11-18(26-3)17(21)12-15/h5-13H,4H2,1-3H3,(H,22,23,24). The van der Waals surface area contributed by atoms with Gasteiger partial charge in [-0.2, -0.15) is 0 Å². The Labute approximate surface area is 158 Å². The van der Waals surface area contributed by atoms with Crippen molar-refractivity contribution in [1.82, 2.24) is 9.97 Å². The largest absolute Gasteiger partial charge is 0.495 e. The molecule has 0 radical (unpaired) electrons. The van der Waals surface area contributed by atoms with Crippen LogP contribution in [0.3, 0.4) is 0 Å². The number of anilines is 4. The number of aromatic nitrogens is 2. The third-order valence-corrected chi connectivity index (χ3v) is 4.20. The molecular weight excluding hydrogens is 348 g/mol. The summed E-state index contributed by atoms with van der Waals surface area (Å²) in [6.45, 7) is 4.78. The van der Waals surface area contributed by atoms with Crippen LogP contribution in [0.5, 0.6) is 5.75 Å². The number of methoxy groups -OCH3 is 1. The third-order valence-electron chi connectivity index (χ3n) is 3.91. The molecule has 6 heteroatoms. The van der Waals surface area contributed by atoms with E-state index in [1.807, 2.05) is 49.4 Å². The predicted molar refractivity (Wildman–Crippen MR) is 107 cm³/mol. The number of rotatable bonds is 6. The minimum atomic E-state index is 0.544. The zero-order chi connectivity index (χ0) is 18.5. The molecule has 0 unspecified atom stereocenters. The molecule has 0 saturated heterocycles. The van der Waals surface area contributed by atoms with Crippen molar-refractivity contribution in [2.24, 2.45) is 0 Å². The van der Waals surface area contributed by atoms with Crippen molar-refractivity contribution in [3.63, 3.8) is 0 Å². The summed E-state index contributed by atoms with van der Waals surface area (Å²) in [6, 6.07) is 17.6. The van der Waals surface area contributed by atoms with Gasteiger partial charge in [0, 0.05) is 24.0 Å². The van der Waals surface area contributed by atoms with E-state index < -0.39 is 0 Å². The van der Waals surface area contributed by atoms with Gasteiger partial charge in [0.25, 0.3) is 0 Å². The van der Waals surface area contributed by atoms with Gasteiger partial charge >= 0.3 is 0 Å². The Morgan fingerprint density at radius 1 is 1.08 bits per heavy atom. The van der Waals surface area contributed by atoms with Crippen LogP contribution in [0.2, 0.25) is 5.02 Å². The van der Waals surface area contributed by atoms with Gasteiger partial charge in [-0.05, 0) is 44.2 Å². The van der Waals surface area contributed by atoms with Crippen LogP contribution in [-0.2, 0) is 0 Å². The van der Waals surface area contributed by atoms with Crippen LogP contribution in [0.1, 0.15) is 12.7 Å². The highest BCUT2D eigenvalue weighted by molar-refractivity contribution is 6.32. The van der Waals surface area contributed by atoms with E-state index >= 15 is 0 Å². The first kappa shape index (κ1) is 18.0. The van der Waals surface area contributed by atoms with Crippen molar-refractivity contribution in [2.75, 3.05) is 23.9 Å². The fourth-order valence-corrected chi connectivity index (χ4v) is 2.99. The van der Waals surface area contributed by atoms with Gasteiger partial charge in [-0.1, -0.05) is 29.8 Å². The second-order valence-corrected chi connectivity index (χ2v) is 6.12. The molecule has 0 saturated carbocycles. The Morgan fingerprint density at radius 3 is 2.50 bits per heavy atom. The summed E-state index contributed by atoms with van der Waals surface area (Å²) in [4.78, 5) is 11.2. The highest BCUT2D eigenvalue weighted by Gasteiger charge is 2.11. The summed E-state index contributed by atoms with van der Waals surface area (Å²) in [5.74, 6) is 2.88. The summed E-state index contributed by atoms with van der Waals surface area (Å²) in [6.07, 6.45) is 0. The van der Waals surface area contributed by atoms with Crippen molar-refractivity contribution in [1.29, 1.82) is 0 Å². The summed E-state index contributed by atoms with van der Waals surface area (Å²) >= 11 is 6.21. The van der Waals surface area contributed by atoms with Crippen LogP contribution >= 0.6 is 11.6 Å². The minimum absolute atomic E-state index is 0.544. The number of para-hydroxylation sites is 1. The Bertz CT molecular complexity index is 886. The van der Waals surface area contributed by atoms with Crippen LogP contribution in [0.25, 0.3) is 0 Å². The lowest BCUT2D eigenvalue weighted by molar-refractivity contribution is 0.415. The van der Waals surface area contributed by atoms with Gasteiger partial charge in [0.05, 0.1) is 12.1 Å². The van der Waals surface area contributed by atoms with Crippen molar-refractivity contribution in [3.8, 4) is 5.75 Å². The van der Waals surface area contributed by atoms with Gasteiger partial charge in [0.2, 0.25) is 0 Å². The average molecular weight is 369 g/mol. The first-order chi connectivity index (χ1) is 12.6. The molecule has 0 fully saturated rings. The number of ether oxygens (including phenoxy) is 1. The molecule has 3 rings (SSSR count). The van der Waals surface area contributed by atoms with Crippen LogP contribution < -0.4 is 15.0 Å². The van der Waals surface area contributed by atoms with Crippen LogP contribution in [-0.4, -0.2) is 23.6 Å². The van der Waals surface area contributed by atoms with Crippen LogP contribution in [0, 0.1) is 6.92 Å². The summed E-state index contributed by atoms with van der Waals surface area (Å²) in [7, 11) is 1.59. The number of halogens is 1. The van der Waals surface area contributed by atoms with E-state index in [1.165, 1.54) is 0 Å². The van der Waals surface area contributed by atoms with E-state index in [0.717, 1.165) is 23.7 Å². The maximum atomic E-state index is 6.21. The second kappa shape index (κ2) is 8.06. The average Bonchev–Trinajstić information content (AvgIpc) is 2.63. The zero-order valence-electron chi connectivity index (χ0n) is 15.0. The predicted octanol–water partition coefficient (Wildman–Crippen LogP) is 5.35. The summed E-state index contributed by atoms with van der Waals surface area (Å²) < 4.78 is 5.19. The fraction of sp³-hybridized carbons (Fsp3) is 0.200. The first-order valence-corrected chi connectivity index (χ1v) is 8.77. The lowest BCUT2D eigenvalue weighted by atomic mass is 10.2. The molecule has 0 aliphatic carbocycles. The Balaban J connectivity index is 1.91. The molecule has 0 spiro atoms. The molecule has 1 aromatic heterocycles. The lowest BCUT2D eigenvalue weighted by Gasteiger charge is -2.23. The maximum Gasteiger partial charge on any atom is 0.138 e. The highest BCUT2D eigenvalue weighted by atomic mass is 35.5. The fourth-order valence-electron chi connectivity index (χ4n) is 2.73. The smallest absolute Gasteiger partial charge is 0.138 e. The number of benzene rings is 2. The Kier molecular flexibility index (Phi) is 5.58. The number of nitrogens with one attached hydrogen (secondary N) is 1. The van der Waals surface area contributed by atoms with Gasteiger partial charge in [0.1, 0.15) is 23.2 Å². The van der Waals surface area contributed by atoms with E-state index in [-0.39, 0.29) is 0 Å². The minimum Gasteiger partial charge on any atom is -0.495 e. The van der Waals surface area contributed by atoms with E-state index in [9.17, 15) is 0 Å². The lowest BCUT2D eigenvalue weighted by Crippen LogP contribution is -2.18.